The Labute approximate surface area is 121 Å². The number of ether oxygens (including phenoxy) is 1. The molecule has 1 amide bonds. The van der Waals surface area contributed by atoms with Gasteiger partial charge in [0.15, 0.2) is 5.78 Å². The van der Waals surface area contributed by atoms with Crippen molar-refractivity contribution in [3.8, 4) is 0 Å². The van der Waals surface area contributed by atoms with Gasteiger partial charge >= 0.3 is 5.97 Å². The first-order chi connectivity index (χ1) is 9.52. The Morgan fingerprint density at radius 1 is 1.30 bits per heavy atom. The van der Waals surface area contributed by atoms with Crippen LogP contribution in [0.15, 0.2) is 24.3 Å². The lowest BCUT2D eigenvalue weighted by Gasteiger charge is -2.30. The molecule has 20 heavy (non-hydrogen) atoms. The fourth-order valence-corrected chi connectivity index (χ4v) is 2.27. The molecule has 1 fully saturated rings. The molecule has 0 aromatic heterocycles. The first-order valence-electron chi connectivity index (χ1n) is 6.18. The number of nitrogens with zero attached hydrogens (tertiary/aromatic N) is 1. The molecule has 106 valence electrons. The number of methoxy groups -OCH3 is 1. The van der Waals surface area contributed by atoms with E-state index in [1.165, 1.54) is 12.0 Å². The summed E-state index contributed by atoms with van der Waals surface area (Å²) in [4.78, 5) is 37.0. The second-order valence-electron chi connectivity index (χ2n) is 4.55. The van der Waals surface area contributed by atoms with Gasteiger partial charge in [0, 0.05) is 30.1 Å². The number of rotatable bonds is 2. The average molecular weight is 296 g/mol. The molecule has 0 saturated carbocycles. The minimum absolute atomic E-state index is 0.0625. The van der Waals surface area contributed by atoms with Crippen molar-refractivity contribution in [2.45, 2.75) is 6.42 Å². The number of ketones is 1. The standard InChI is InChI=1S/C14H14ClNO4/c1-20-14(19)11-8-16(7-6-12(11)17)13(18)9-2-4-10(15)5-3-9/h2-5,11H,6-8H2,1H3. The van der Waals surface area contributed by atoms with Gasteiger partial charge in [-0.2, -0.15) is 0 Å². The minimum atomic E-state index is -0.884. The van der Waals surface area contributed by atoms with Gasteiger partial charge < -0.3 is 9.64 Å². The van der Waals surface area contributed by atoms with Crippen molar-refractivity contribution in [2.24, 2.45) is 5.92 Å². The number of hydrogen-bond acceptors (Lipinski definition) is 4. The quantitative estimate of drug-likeness (QED) is 0.613. The van der Waals surface area contributed by atoms with Crippen molar-refractivity contribution in [1.29, 1.82) is 0 Å². The van der Waals surface area contributed by atoms with Crippen LogP contribution in [0.2, 0.25) is 5.02 Å². The van der Waals surface area contributed by atoms with Crippen molar-refractivity contribution in [1.82, 2.24) is 4.90 Å². The van der Waals surface area contributed by atoms with Gasteiger partial charge in [0.25, 0.3) is 5.91 Å². The number of hydrogen-bond donors (Lipinski definition) is 0. The molecule has 1 atom stereocenters. The van der Waals surface area contributed by atoms with E-state index in [9.17, 15) is 14.4 Å². The first-order valence-corrected chi connectivity index (χ1v) is 6.56. The maximum atomic E-state index is 12.3. The number of amides is 1. The smallest absolute Gasteiger partial charge is 0.318 e. The highest BCUT2D eigenvalue weighted by Crippen LogP contribution is 2.18. The number of halogens is 1. The summed E-state index contributed by atoms with van der Waals surface area (Å²) in [6, 6.07) is 6.49. The second kappa shape index (κ2) is 6.05. The Bertz CT molecular complexity index is 533. The summed E-state index contributed by atoms with van der Waals surface area (Å²) in [5.41, 5.74) is 0.479. The molecular weight excluding hydrogens is 282 g/mol. The van der Waals surface area contributed by atoms with E-state index in [1.54, 1.807) is 24.3 Å². The van der Waals surface area contributed by atoms with E-state index >= 15 is 0 Å². The number of esters is 1. The summed E-state index contributed by atoms with van der Waals surface area (Å²) in [6.07, 6.45) is 0.166. The topological polar surface area (TPSA) is 63.7 Å². The molecule has 0 bridgehead atoms. The molecule has 1 unspecified atom stereocenters. The minimum Gasteiger partial charge on any atom is -0.468 e. The monoisotopic (exact) mass is 295 g/mol. The third kappa shape index (κ3) is 2.99. The van der Waals surface area contributed by atoms with Crippen molar-refractivity contribution >= 4 is 29.3 Å². The summed E-state index contributed by atoms with van der Waals surface area (Å²) >= 11 is 5.77. The predicted molar refractivity (Wildman–Crippen MR) is 72.5 cm³/mol. The van der Waals surface area contributed by atoms with E-state index in [2.05, 4.69) is 4.74 Å². The molecule has 1 aliphatic rings. The van der Waals surface area contributed by atoms with Crippen LogP contribution in [0.3, 0.4) is 0 Å². The summed E-state index contributed by atoms with van der Waals surface area (Å²) in [5.74, 6) is -1.88. The summed E-state index contributed by atoms with van der Waals surface area (Å²) in [6.45, 7) is 0.376. The van der Waals surface area contributed by atoms with Crippen LogP contribution >= 0.6 is 11.6 Å². The van der Waals surface area contributed by atoms with Crippen LogP contribution in [0.5, 0.6) is 0 Å². The number of likely N-dealkylation sites (tertiary alicyclic amines) is 1. The number of Topliss-reactive ketones (excluding diaryl/α,β-unsaturated/α-hetero) is 1. The average Bonchev–Trinajstić information content (AvgIpc) is 2.47. The molecule has 6 heteroatoms. The molecule has 0 N–H and O–H groups in total. The van der Waals surface area contributed by atoms with Gasteiger partial charge in [0.1, 0.15) is 5.92 Å². The molecule has 1 aliphatic heterocycles. The van der Waals surface area contributed by atoms with E-state index in [0.717, 1.165) is 0 Å². The van der Waals surface area contributed by atoms with E-state index < -0.39 is 11.9 Å². The van der Waals surface area contributed by atoms with E-state index in [4.69, 9.17) is 11.6 Å². The summed E-state index contributed by atoms with van der Waals surface area (Å²) in [7, 11) is 1.23. The Hall–Kier alpha value is -1.88. The number of benzene rings is 1. The van der Waals surface area contributed by atoms with Gasteiger partial charge in [-0.1, -0.05) is 11.6 Å². The highest BCUT2D eigenvalue weighted by molar-refractivity contribution is 6.30. The van der Waals surface area contributed by atoms with E-state index in [1.807, 2.05) is 0 Å². The fraction of sp³-hybridized carbons (Fsp3) is 0.357. The highest BCUT2D eigenvalue weighted by atomic mass is 35.5. The summed E-state index contributed by atoms with van der Waals surface area (Å²) in [5, 5.41) is 0.544. The van der Waals surface area contributed by atoms with Gasteiger partial charge in [0.2, 0.25) is 0 Å². The molecular formula is C14H14ClNO4. The van der Waals surface area contributed by atoms with Crippen LogP contribution in [0.4, 0.5) is 0 Å². The van der Waals surface area contributed by atoms with Crippen molar-refractivity contribution in [2.75, 3.05) is 20.2 Å². The second-order valence-corrected chi connectivity index (χ2v) is 4.99. The lowest BCUT2D eigenvalue weighted by atomic mass is 9.96. The van der Waals surface area contributed by atoms with Crippen LogP contribution < -0.4 is 0 Å². The number of carbonyl (C=O) groups excluding carboxylic acids is 3. The maximum Gasteiger partial charge on any atom is 0.318 e. The summed E-state index contributed by atoms with van der Waals surface area (Å²) < 4.78 is 4.59. The Morgan fingerprint density at radius 2 is 1.95 bits per heavy atom. The van der Waals surface area contributed by atoms with Gasteiger partial charge in [0.05, 0.1) is 7.11 Å². The van der Waals surface area contributed by atoms with Crippen molar-refractivity contribution in [3.05, 3.63) is 34.9 Å². The SMILES string of the molecule is COC(=O)C1CN(C(=O)c2ccc(Cl)cc2)CCC1=O. The molecule has 0 aliphatic carbocycles. The molecule has 1 heterocycles. The van der Waals surface area contributed by atoms with Gasteiger partial charge in [-0.15, -0.1) is 0 Å². The fourth-order valence-electron chi connectivity index (χ4n) is 2.14. The maximum absolute atomic E-state index is 12.3. The molecule has 0 radical (unpaired) electrons. The molecule has 0 spiro atoms. The Kier molecular flexibility index (Phi) is 4.39. The van der Waals surface area contributed by atoms with Crippen LogP contribution in [-0.2, 0) is 14.3 Å². The normalized spacial score (nSPS) is 18.8. The molecule has 2 rings (SSSR count). The first kappa shape index (κ1) is 14.5. The largest absolute Gasteiger partial charge is 0.468 e. The zero-order valence-corrected chi connectivity index (χ0v) is 11.7. The van der Waals surface area contributed by atoms with Crippen LogP contribution in [0, 0.1) is 5.92 Å². The Morgan fingerprint density at radius 3 is 2.55 bits per heavy atom. The lowest BCUT2D eigenvalue weighted by Crippen LogP contribution is -2.47. The van der Waals surface area contributed by atoms with Gasteiger partial charge in [-0.3, -0.25) is 14.4 Å². The van der Waals surface area contributed by atoms with Crippen LogP contribution in [0.25, 0.3) is 0 Å². The van der Waals surface area contributed by atoms with Crippen molar-refractivity contribution < 1.29 is 19.1 Å². The molecule has 1 aromatic rings. The van der Waals surface area contributed by atoms with E-state index in [-0.39, 0.29) is 24.7 Å². The number of carbonyl (C=O) groups is 3. The zero-order chi connectivity index (χ0) is 14.7. The van der Waals surface area contributed by atoms with Crippen LogP contribution in [-0.4, -0.2) is 42.8 Å². The van der Waals surface area contributed by atoms with Gasteiger partial charge in [-0.25, -0.2) is 0 Å². The van der Waals surface area contributed by atoms with E-state index in [0.29, 0.717) is 17.1 Å². The van der Waals surface area contributed by atoms with Gasteiger partial charge in [-0.05, 0) is 24.3 Å². The molecule has 1 saturated heterocycles. The molecule has 1 aromatic carbocycles. The number of piperidine rings is 1. The molecule has 5 nitrogen and oxygen atoms in total. The Balaban J connectivity index is 2.13. The zero-order valence-electron chi connectivity index (χ0n) is 11.0. The predicted octanol–water partition coefficient (Wildman–Crippen LogP) is 1.54. The van der Waals surface area contributed by atoms with Crippen LogP contribution in [0.1, 0.15) is 16.8 Å². The van der Waals surface area contributed by atoms with Crippen molar-refractivity contribution in [3.63, 3.8) is 0 Å². The lowest BCUT2D eigenvalue weighted by molar-refractivity contribution is -0.151. The third-order valence-corrected chi connectivity index (χ3v) is 3.54. The highest BCUT2D eigenvalue weighted by Gasteiger charge is 2.35. The third-order valence-electron chi connectivity index (χ3n) is 3.28.